The first kappa shape index (κ1) is 14.9. The Kier molecular flexibility index (Phi) is 3.02. The highest BCUT2D eigenvalue weighted by molar-refractivity contribution is 6.12. The van der Waals surface area contributed by atoms with Gasteiger partial charge in [-0.05, 0) is 53.9 Å². The average Bonchev–Trinajstić information content (AvgIpc) is 2.74. The third kappa shape index (κ3) is 1.70. The van der Waals surface area contributed by atoms with E-state index in [2.05, 4.69) is 51.1 Å². The Bertz CT molecular complexity index is 770. The van der Waals surface area contributed by atoms with Crippen LogP contribution < -0.4 is 5.73 Å². The van der Waals surface area contributed by atoms with Crippen molar-refractivity contribution in [3.05, 3.63) is 58.2 Å². The van der Waals surface area contributed by atoms with E-state index in [1.54, 1.807) is 0 Å². The monoisotopic (exact) mass is 307 g/mol. The molecule has 2 N–H and O–H groups in total. The van der Waals surface area contributed by atoms with Crippen LogP contribution in [0.5, 0.6) is 0 Å². The van der Waals surface area contributed by atoms with Gasteiger partial charge >= 0.3 is 0 Å². The van der Waals surface area contributed by atoms with Gasteiger partial charge in [0.1, 0.15) is 5.54 Å². The van der Waals surface area contributed by atoms with E-state index in [1.807, 2.05) is 0 Å². The summed E-state index contributed by atoms with van der Waals surface area (Å²) >= 11 is 0. The number of rotatable bonds is 1. The molecular formula is C21H25NO. The summed E-state index contributed by atoms with van der Waals surface area (Å²) in [5.74, 6) is 0.620. The number of Topliss-reactive ketones (excluding diaryl/α,β-unsaturated/α-hetero) is 1. The molecule has 0 spiro atoms. The maximum Gasteiger partial charge on any atom is 0.188 e. The van der Waals surface area contributed by atoms with Crippen LogP contribution in [0.25, 0.3) is 0 Å². The van der Waals surface area contributed by atoms with Crippen molar-refractivity contribution in [2.75, 3.05) is 0 Å². The van der Waals surface area contributed by atoms with Gasteiger partial charge in [-0.1, -0.05) is 51.1 Å². The van der Waals surface area contributed by atoms with Crippen LogP contribution >= 0.6 is 0 Å². The van der Waals surface area contributed by atoms with E-state index in [9.17, 15) is 4.79 Å². The number of benzene rings is 1. The number of hydrogen-bond acceptors (Lipinski definition) is 2. The molecule has 0 amide bonds. The third-order valence-corrected chi connectivity index (χ3v) is 6.23. The average molecular weight is 307 g/mol. The van der Waals surface area contributed by atoms with Crippen molar-refractivity contribution >= 4 is 5.78 Å². The first-order chi connectivity index (χ1) is 10.9. The summed E-state index contributed by atoms with van der Waals surface area (Å²) < 4.78 is 0. The van der Waals surface area contributed by atoms with Gasteiger partial charge < -0.3 is 5.73 Å². The third-order valence-electron chi connectivity index (χ3n) is 6.23. The summed E-state index contributed by atoms with van der Waals surface area (Å²) in [5.41, 5.74) is 11.4. The van der Waals surface area contributed by atoms with Gasteiger partial charge in [-0.2, -0.15) is 0 Å². The molecule has 3 aliphatic carbocycles. The number of ketones is 1. The highest BCUT2D eigenvalue weighted by Gasteiger charge is 2.65. The van der Waals surface area contributed by atoms with Crippen molar-refractivity contribution in [2.45, 2.75) is 57.9 Å². The van der Waals surface area contributed by atoms with E-state index in [0.717, 1.165) is 36.8 Å². The van der Waals surface area contributed by atoms with Crippen molar-refractivity contribution in [2.24, 2.45) is 11.1 Å². The molecule has 1 aromatic carbocycles. The number of allylic oxidation sites excluding steroid dienone is 2. The van der Waals surface area contributed by atoms with Crippen LogP contribution in [0.3, 0.4) is 0 Å². The van der Waals surface area contributed by atoms with E-state index in [1.165, 1.54) is 16.7 Å². The van der Waals surface area contributed by atoms with Gasteiger partial charge in [-0.15, -0.1) is 0 Å². The Morgan fingerprint density at radius 2 is 1.91 bits per heavy atom. The maximum atomic E-state index is 13.2. The number of fused-ring (bicyclic) bond motifs is 5. The second-order valence-electron chi connectivity index (χ2n) is 7.88. The number of carbonyl (C=O) groups is 1. The molecule has 4 rings (SSSR count). The van der Waals surface area contributed by atoms with Crippen molar-refractivity contribution in [3.63, 3.8) is 0 Å². The fourth-order valence-corrected chi connectivity index (χ4v) is 4.78. The Labute approximate surface area is 138 Å². The fraction of sp³-hybridized carbons (Fsp3) is 0.476. The Hall–Kier alpha value is -1.67. The first-order valence-corrected chi connectivity index (χ1v) is 8.78. The zero-order chi connectivity index (χ0) is 16.4. The van der Waals surface area contributed by atoms with E-state index < -0.39 is 5.54 Å². The van der Waals surface area contributed by atoms with Gasteiger partial charge in [0.25, 0.3) is 0 Å². The largest absolute Gasteiger partial charge is 0.314 e. The topological polar surface area (TPSA) is 43.1 Å². The van der Waals surface area contributed by atoms with Crippen LogP contribution in [0.15, 0.2) is 41.5 Å². The van der Waals surface area contributed by atoms with Crippen molar-refractivity contribution in [3.8, 4) is 0 Å². The standard InChI is InChI=1S/C21H25NO/c1-13(2)14-9-10-17-15(11-14)12-20(3)18-8-6-4-5-7-16(18)19(23)21(17,20)22/h7-11,13H,4-6,12,22H2,1-3H3. The number of hydrogen-bond donors (Lipinski definition) is 1. The smallest absolute Gasteiger partial charge is 0.188 e. The Balaban J connectivity index is 1.94. The zero-order valence-electron chi connectivity index (χ0n) is 14.3. The zero-order valence-corrected chi connectivity index (χ0v) is 14.3. The molecule has 23 heavy (non-hydrogen) atoms. The highest BCUT2D eigenvalue weighted by Crippen LogP contribution is 2.61. The van der Waals surface area contributed by atoms with Gasteiger partial charge in [0.05, 0.1) is 0 Å². The van der Waals surface area contributed by atoms with Gasteiger partial charge in [-0.25, -0.2) is 0 Å². The maximum absolute atomic E-state index is 13.2. The van der Waals surface area contributed by atoms with Gasteiger partial charge in [0, 0.05) is 11.0 Å². The van der Waals surface area contributed by atoms with Crippen LogP contribution in [0.2, 0.25) is 0 Å². The molecule has 0 bridgehead atoms. The van der Waals surface area contributed by atoms with E-state index in [0.29, 0.717) is 5.92 Å². The molecule has 0 heterocycles. The van der Waals surface area contributed by atoms with E-state index >= 15 is 0 Å². The summed E-state index contributed by atoms with van der Waals surface area (Å²) in [7, 11) is 0. The SMILES string of the molecule is CC(C)c1ccc2c(c1)CC1(C)C3=CCCCC=C3C(=O)C21N. The van der Waals surface area contributed by atoms with Crippen LogP contribution in [0, 0.1) is 5.41 Å². The highest BCUT2D eigenvalue weighted by atomic mass is 16.1. The molecule has 2 heteroatoms. The quantitative estimate of drug-likeness (QED) is 0.847. The fourth-order valence-electron chi connectivity index (χ4n) is 4.78. The van der Waals surface area contributed by atoms with Crippen molar-refractivity contribution in [1.29, 1.82) is 0 Å². The van der Waals surface area contributed by atoms with Crippen LogP contribution in [0.4, 0.5) is 0 Å². The molecule has 2 atom stereocenters. The molecule has 0 aliphatic heterocycles. The summed E-state index contributed by atoms with van der Waals surface area (Å²) in [4.78, 5) is 13.2. The lowest BCUT2D eigenvalue weighted by Crippen LogP contribution is -2.49. The minimum atomic E-state index is -0.882. The van der Waals surface area contributed by atoms with Crippen LogP contribution in [-0.4, -0.2) is 5.78 Å². The predicted octanol–water partition coefficient (Wildman–Crippen LogP) is 4.15. The van der Waals surface area contributed by atoms with Gasteiger partial charge in [-0.3, -0.25) is 4.79 Å². The minimum absolute atomic E-state index is 0.129. The lowest BCUT2D eigenvalue weighted by atomic mass is 9.72. The molecule has 1 aromatic rings. The summed E-state index contributed by atoms with van der Waals surface area (Å²) in [6.07, 6.45) is 8.42. The molecule has 0 radical (unpaired) electrons. The Morgan fingerprint density at radius 3 is 2.65 bits per heavy atom. The Morgan fingerprint density at radius 1 is 1.17 bits per heavy atom. The van der Waals surface area contributed by atoms with E-state index in [-0.39, 0.29) is 11.2 Å². The predicted molar refractivity (Wildman–Crippen MR) is 93.2 cm³/mol. The molecule has 1 fully saturated rings. The first-order valence-electron chi connectivity index (χ1n) is 8.78. The molecule has 120 valence electrons. The van der Waals surface area contributed by atoms with Crippen molar-refractivity contribution in [1.82, 2.24) is 0 Å². The van der Waals surface area contributed by atoms with Gasteiger partial charge in [0.2, 0.25) is 0 Å². The van der Waals surface area contributed by atoms with Gasteiger partial charge in [0.15, 0.2) is 5.78 Å². The van der Waals surface area contributed by atoms with Crippen LogP contribution in [-0.2, 0) is 16.8 Å². The number of carbonyl (C=O) groups excluding carboxylic acids is 1. The molecule has 0 aromatic heterocycles. The second-order valence-corrected chi connectivity index (χ2v) is 7.88. The molecular weight excluding hydrogens is 282 g/mol. The normalized spacial score (nSPS) is 32.1. The van der Waals surface area contributed by atoms with Crippen molar-refractivity contribution < 1.29 is 4.79 Å². The summed E-state index contributed by atoms with van der Waals surface area (Å²) in [6.45, 7) is 6.60. The molecule has 2 unspecified atom stereocenters. The molecule has 2 nitrogen and oxygen atoms in total. The molecule has 0 saturated heterocycles. The molecule has 1 saturated carbocycles. The minimum Gasteiger partial charge on any atom is -0.314 e. The lowest BCUT2D eigenvalue weighted by Gasteiger charge is -2.33. The summed E-state index contributed by atoms with van der Waals surface area (Å²) in [5, 5.41) is 0. The lowest BCUT2D eigenvalue weighted by molar-refractivity contribution is -0.121. The van der Waals surface area contributed by atoms with Crippen LogP contribution in [0.1, 0.15) is 62.6 Å². The second kappa shape index (κ2) is 4.67. The van der Waals surface area contributed by atoms with E-state index in [4.69, 9.17) is 5.73 Å². The summed E-state index contributed by atoms with van der Waals surface area (Å²) in [6, 6.07) is 6.53. The number of nitrogens with two attached hydrogens (primary N) is 1. The molecule has 3 aliphatic rings.